The van der Waals surface area contributed by atoms with Gasteiger partial charge in [0.05, 0.1) is 18.2 Å². The zero-order valence-corrected chi connectivity index (χ0v) is 19.5. The number of Topliss-reactive ketones (excluding diaryl/α,β-unsaturated/α-hetero) is 1. The Morgan fingerprint density at radius 1 is 1.06 bits per heavy atom. The summed E-state index contributed by atoms with van der Waals surface area (Å²) in [6, 6.07) is 15.4. The van der Waals surface area contributed by atoms with E-state index >= 15 is 0 Å². The van der Waals surface area contributed by atoms with Crippen LogP contribution in [0.1, 0.15) is 31.8 Å². The predicted molar refractivity (Wildman–Crippen MR) is 130 cm³/mol. The SMILES string of the molecule is COc1ccc2c(c1)c(/C=C1\Oc3cc(OC(=O)c4ccc(Cl)cc4)cc(C)c3C1=O)cn2C. The number of ketones is 1. The van der Waals surface area contributed by atoms with E-state index in [0.29, 0.717) is 33.2 Å². The minimum Gasteiger partial charge on any atom is -0.497 e. The Kier molecular flexibility index (Phi) is 5.38. The average Bonchev–Trinajstić information content (AvgIpc) is 3.30. The van der Waals surface area contributed by atoms with Gasteiger partial charge in [0.1, 0.15) is 17.2 Å². The molecule has 3 aromatic carbocycles. The second-order valence-electron chi connectivity index (χ2n) is 8.03. The van der Waals surface area contributed by atoms with Crippen LogP contribution in [0.5, 0.6) is 17.2 Å². The fraction of sp³-hybridized carbons (Fsp3) is 0.111. The summed E-state index contributed by atoms with van der Waals surface area (Å²) in [6.45, 7) is 1.78. The lowest BCUT2D eigenvalue weighted by atomic mass is 10.0. The Bertz CT molecular complexity index is 1500. The first-order valence-electron chi connectivity index (χ1n) is 10.5. The molecule has 1 aliphatic rings. The van der Waals surface area contributed by atoms with E-state index < -0.39 is 5.97 Å². The summed E-state index contributed by atoms with van der Waals surface area (Å²) < 4.78 is 18.8. The molecule has 4 aromatic rings. The van der Waals surface area contributed by atoms with Gasteiger partial charge in [0.25, 0.3) is 0 Å². The van der Waals surface area contributed by atoms with Gasteiger partial charge in [-0.3, -0.25) is 4.79 Å². The summed E-state index contributed by atoms with van der Waals surface area (Å²) in [5.41, 5.74) is 3.31. The van der Waals surface area contributed by atoms with Crippen LogP contribution >= 0.6 is 11.6 Å². The second-order valence-corrected chi connectivity index (χ2v) is 8.46. The number of hydrogen-bond donors (Lipinski definition) is 0. The molecule has 170 valence electrons. The van der Waals surface area contributed by atoms with Gasteiger partial charge in [0.2, 0.25) is 5.78 Å². The van der Waals surface area contributed by atoms with Gasteiger partial charge >= 0.3 is 5.97 Å². The number of aryl methyl sites for hydroxylation is 2. The number of ether oxygens (including phenoxy) is 3. The number of methoxy groups -OCH3 is 1. The summed E-state index contributed by atoms with van der Waals surface area (Å²) >= 11 is 5.88. The van der Waals surface area contributed by atoms with Crippen LogP contribution in [-0.4, -0.2) is 23.4 Å². The van der Waals surface area contributed by atoms with Crippen molar-refractivity contribution in [3.63, 3.8) is 0 Å². The van der Waals surface area contributed by atoms with E-state index in [1.807, 2.05) is 36.0 Å². The third kappa shape index (κ3) is 3.82. The largest absolute Gasteiger partial charge is 0.497 e. The number of esters is 1. The van der Waals surface area contributed by atoms with Gasteiger partial charge in [0, 0.05) is 40.8 Å². The second kappa shape index (κ2) is 8.39. The molecule has 5 rings (SSSR count). The monoisotopic (exact) mass is 473 g/mol. The molecule has 0 N–H and O–H groups in total. The summed E-state index contributed by atoms with van der Waals surface area (Å²) in [6.07, 6.45) is 3.66. The summed E-state index contributed by atoms with van der Waals surface area (Å²) in [5, 5.41) is 1.47. The van der Waals surface area contributed by atoms with Gasteiger partial charge in [-0.15, -0.1) is 0 Å². The van der Waals surface area contributed by atoms with Crippen molar-refractivity contribution in [2.75, 3.05) is 7.11 Å². The van der Waals surface area contributed by atoms with Crippen molar-refractivity contribution in [3.8, 4) is 17.2 Å². The van der Waals surface area contributed by atoms with Crippen molar-refractivity contribution in [1.29, 1.82) is 0 Å². The van der Waals surface area contributed by atoms with Crippen LogP contribution in [-0.2, 0) is 7.05 Å². The van der Waals surface area contributed by atoms with Crippen LogP contribution in [0, 0.1) is 6.92 Å². The maximum absolute atomic E-state index is 13.1. The molecular weight excluding hydrogens is 454 g/mol. The minimum absolute atomic E-state index is 0.203. The standard InChI is InChI=1S/C27H20ClNO5/c1-15-10-20(33-27(31)16-4-6-18(28)7-5-16)13-23-25(15)26(30)24(34-23)11-17-14-29(2)22-9-8-19(32-3)12-21(17)22/h4-14H,1-3H3/b24-11-. The predicted octanol–water partition coefficient (Wildman–Crippen LogP) is 5.98. The Hall–Kier alpha value is -4.03. The van der Waals surface area contributed by atoms with Crippen molar-refractivity contribution in [2.24, 2.45) is 7.05 Å². The highest BCUT2D eigenvalue weighted by Crippen LogP contribution is 2.38. The zero-order valence-electron chi connectivity index (χ0n) is 18.7. The fourth-order valence-corrected chi connectivity index (χ4v) is 4.20. The minimum atomic E-state index is -0.527. The Morgan fingerprint density at radius 3 is 2.56 bits per heavy atom. The average molecular weight is 474 g/mol. The number of hydrogen-bond acceptors (Lipinski definition) is 5. The van der Waals surface area contributed by atoms with Crippen LogP contribution in [0.3, 0.4) is 0 Å². The van der Waals surface area contributed by atoms with Crippen molar-refractivity contribution in [3.05, 3.63) is 93.8 Å². The summed E-state index contributed by atoms with van der Waals surface area (Å²) in [7, 11) is 3.55. The first kappa shape index (κ1) is 21.8. The lowest BCUT2D eigenvalue weighted by Gasteiger charge is -2.08. The molecule has 0 saturated carbocycles. The first-order valence-corrected chi connectivity index (χ1v) is 10.9. The summed E-state index contributed by atoms with van der Waals surface area (Å²) in [4.78, 5) is 25.6. The molecule has 0 aliphatic carbocycles. The smallest absolute Gasteiger partial charge is 0.343 e. The molecule has 0 spiro atoms. The van der Waals surface area contributed by atoms with Crippen molar-refractivity contribution in [2.45, 2.75) is 6.92 Å². The molecule has 7 heteroatoms. The molecule has 0 saturated heterocycles. The van der Waals surface area contributed by atoms with Crippen molar-refractivity contribution < 1.29 is 23.8 Å². The lowest BCUT2D eigenvalue weighted by Crippen LogP contribution is -2.08. The van der Waals surface area contributed by atoms with Gasteiger partial charge in [-0.2, -0.15) is 0 Å². The van der Waals surface area contributed by atoms with Crippen LogP contribution in [0.15, 0.2) is 66.6 Å². The number of rotatable bonds is 4. The number of carbonyl (C=O) groups excluding carboxylic acids is 2. The van der Waals surface area contributed by atoms with Crippen LogP contribution in [0.2, 0.25) is 5.02 Å². The van der Waals surface area contributed by atoms with E-state index in [2.05, 4.69) is 0 Å². The molecule has 1 aliphatic heterocycles. The maximum Gasteiger partial charge on any atom is 0.343 e. The zero-order chi connectivity index (χ0) is 24.0. The topological polar surface area (TPSA) is 66.8 Å². The van der Waals surface area contributed by atoms with Crippen LogP contribution < -0.4 is 14.2 Å². The Labute approximate surface area is 200 Å². The van der Waals surface area contributed by atoms with E-state index in [9.17, 15) is 9.59 Å². The molecule has 6 nitrogen and oxygen atoms in total. The molecule has 0 atom stereocenters. The third-order valence-corrected chi connectivity index (χ3v) is 6.00. The lowest BCUT2D eigenvalue weighted by molar-refractivity contribution is 0.0734. The normalized spacial score (nSPS) is 13.8. The number of allylic oxidation sites excluding steroid dienone is 1. The highest BCUT2D eigenvalue weighted by Gasteiger charge is 2.30. The number of nitrogens with zero attached hydrogens (tertiary/aromatic N) is 1. The summed E-state index contributed by atoms with van der Waals surface area (Å²) in [5.74, 6) is 0.829. The van der Waals surface area contributed by atoms with Gasteiger partial charge < -0.3 is 18.8 Å². The first-order chi connectivity index (χ1) is 16.3. The molecule has 0 radical (unpaired) electrons. The number of aromatic nitrogens is 1. The van der Waals surface area contributed by atoms with Crippen molar-refractivity contribution in [1.82, 2.24) is 4.57 Å². The molecule has 0 fully saturated rings. The van der Waals surface area contributed by atoms with Gasteiger partial charge in [-0.05, 0) is 67.1 Å². The maximum atomic E-state index is 13.1. The number of fused-ring (bicyclic) bond motifs is 2. The van der Waals surface area contributed by atoms with Crippen LogP contribution in [0.25, 0.3) is 17.0 Å². The van der Waals surface area contributed by atoms with E-state index in [1.54, 1.807) is 56.5 Å². The Morgan fingerprint density at radius 2 is 1.82 bits per heavy atom. The highest BCUT2D eigenvalue weighted by molar-refractivity contribution is 6.30. The van der Waals surface area contributed by atoms with E-state index in [1.165, 1.54) is 0 Å². The quantitative estimate of drug-likeness (QED) is 0.207. The fourth-order valence-electron chi connectivity index (χ4n) is 4.07. The number of halogens is 1. The highest BCUT2D eigenvalue weighted by atomic mass is 35.5. The van der Waals surface area contributed by atoms with E-state index in [-0.39, 0.29) is 11.5 Å². The van der Waals surface area contributed by atoms with Crippen LogP contribution in [0.4, 0.5) is 0 Å². The molecular formula is C27H20ClNO5. The molecule has 1 aromatic heterocycles. The molecule has 2 heterocycles. The van der Waals surface area contributed by atoms with Crippen molar-refractivity contribution >= 4 is 40.3 Å². The Balaban J connectivity index is 1.46. The molecule has 0 unspecified atom stereocenters. The van der Waals surface area contributed by atoms with Gasteiger partial charge in [-0.25, -0.2) is 4.79 Å². The molecule has 0 bridgehead atoms. The molecule has 0 amide bonds. The van der Waals surface area contributed by atoms with Gasteiger partial charge in [-0.1, -0.05) is 11.6 Å². The molecule has 34 heavy (non-hydrogen) atoms. The number of benzene rings is 3. The van der Waals surface area contributed by atoms with E-state index in [4.69, 9.17) is 25.8 Å². The third-order valence-electron chi connectivity index (χ3n) is 5.75. The van der Waals surface area contributed by atoms with Gasteiger partial charge in [0.15, 0.2) is 5.76 Å². The van der Waals surface area contributed by atoms with E-state index in [0.717, 1.165) is 22.2 Å². The number of carbonyl (C=O) groups is 2.